The van der Waals surface area contributed by atoms with Crippen LogP contribution < -0.4 is 14.8 Å². The number of carbonyl (C=O) groups excluding carboxylic acids is 2. The molecular formula is C21H24ClNO5. The molecule has 0 heterocycles. The number of carbonyl (C=O) groups is 2. The largest absolute Gasteiger partial charge is 0.490 e. The fourth-order valence-corrected chi connectivity index (χ4v) is 2.43. The van der Waals surface area contributed by atoms with Gasteiger partial charge in [-0.1, -0.05) is 37.6 Å². The summed E-state index contributed by atoms with van der Waals surface area (Å²) in [4.78, 5) is 24.3. The fraction of sp³-hybridized carbons (Fsp3) is 0.333. The molecule has 2 aromatic carbocycles. The van der Waals surface area contributed by atoms with Crippen molar-refractivity contribution in [3.63, 3.8) is 0 Å². The third-order valence-electron chi connectivity index (χ3n) is 3.53. The van der Waals surface area contributed by atoms with Gasteiger partial charge in [0.15, 0.2) is 18.1 Å². The lowest BCUT2D eigenvalue weighted by Gasteiger charge is -2.14. The Hall–Kier alpha value is -2.73. The highest BCUT2D eigenvalue weighted by Gasteiger charge is 2.15. The highest BCUT2D eigenvalue weighted by molar-refractivity contribution is 6.33. The van der Waals surface area contributed by atoms with Crippen LogP contribution in [0.1, 0.15) is 31.1 Å². The van der Waals surface area contributed by atoms with Crippen molar-refractivity contribution in [3.8, 4) is 11.5 Å². The molecule has 150 valence electrons. The summed E-state index contributed by atoms with van der Waals surface area (Å²) < 4.78 is 16.3. The maximum Gasteiger partial charge on any atom is 0.338 e. The molecule has 0 saturated heterocycles. The summed E-state index contributed by atoms with van der Waals surface area (Å²) in [5, 5.41) is 3.00. The second kappa shape index (κ2) is 10.6. The zero-order valence-corrected chi connectivity index (χ0v) is 16.9. The summed E-state index contributed by atoms with van der Waals surface area (Å²) in [5.74, 6) is 0.256. The first kappa shape index (κ1) is 21.6. The minimum absolute atomic E-state index is 0.269. The van der Waals surface area contributed by atoms with Crippen LogP contribution in [0, 0.1) is 5.92 Å². The Morgan fingerprint density at radius 2 is 1.82 bits per heavy atom. The highest BCUT2D eigenvalue weighted by atomic mass is 35.5. The van der Waals surface area contributed by atoms with E-state index in [0.29, 0.717) is 41.3 Å². The third-order valence-corrected chi connectivity index (χ3v) is 3.86. The number of hydrogen-bond donors (Lipinski definition) is 1. The monoisotopic (exact) mass is 405 g/mol. The molecule has 0 aliphatic carbocycles. The molecule has 0 aliphatic heterocycles. The van der Waals surface area contributed by atoms with Gasteiger partial charge in [-0.3, -0.25) is 4.79 Å². The van der Waals surface area contributed by atoms with E-state index in [1.165, 1.54) is 0 Å². The van der Waals surface area contributed by atoms with E-state index in [1.807, 2.05) is 20.8 Å². The maximum absolute atomic E-state index is 12.3. The summed E-state index contributed by atoms with van der Waals surface area (Å²) in [5.41, 5.74) is 0.724. The summed E-state index contributed by atoms with van der Waals surface area (Å²) in [7, 11) is 0. The minimum atomic E-state index is -0.634. The molecule has 0 spiro atoms. The molecule has 0 aliphatic rings. The van der Waals surface area contributed by atoms with Crippen LogP contribution >= 0.6 is 11.6 Å². The van der Waals surface area contributed by atoms with Crippen LogP contribution in [0.15, 0.2) is 42.5 Å². The molecule has 0 fully saturated rings. The van der Waals surface area contributed by atoms with Crippen molar-refractivity contribution >= 4 is 29.2 Å². The first-order valence-electron chi connectivity index (χ1n) is 9.01. The predicted octanol–water partition coefficient (Wildman–Crippen LogP) is 4.57. The number of halogens is 1. The summed E-state index contributed by atoms with van der Waals surface area (Å²) in [6.45, 7) is 6.46. The number of hydrogen-bond acceptors (Lipinski definition) is 5. The van der Waals surface area contributed by atoms with Crippen molar-refractivity contribution in [1.82, 2.24) is 0 Å². The van der Waals surface area contributed by atoms with E-state index in [4.69, 9.17) is 25.8 Å². The van der Waals surface area contributed by atoms with Gasteiger partial charge in [-0.25, -0.2) is 4.79 Å². The third kappa shape index (κ3) is 6.46. The SMILES string of the molecule is CCOc1cc(C(=O)OCC(=O)Nc2ccccc2Cl)ccc1OCC(C)C. The molecule has 2 rings (SSSR count). The van der Waals surface area contributed by atoms with Gasteiger partial charge in [0.2, 0.25) is 0 Å². The lowest BCUT2D eigenvalue weighted by Crippen LogP contribution is -2.21. The molecule has 28 heavy (non-hydrogen) atoms. The molecule has 0 radical (unpaired) electrons. The topological polar surface area (TPSA) is 73.9 Å². The fourth-order valence-electron chi connectivity index (χ4n) is 2.24. The van der Waals surface area contributed by atoms with Crippen LogP contribution in [0.5, 0.6) is 11.5 Å². The zero-order chi connectivity index (χ0) is 20.5. The molecule has 0 bridgehead atoms. The molecule has 7 heteroatoms. The number of rotatable bonds is 9. The Kier molecular flexibility index (Phi) is 8.14. The van der Waals surface area contributed by atoms with Gasteiger partial charge in [0, 0.05) is 0 Å². The predicted molar refractivity (Wildman–Crippen MR) is 108 cm³/mol. The van der Waals surface area contributed by atoms with E-state index in [1.54, 1.807) is 42.5 Å². The lowest BCUT2D eigenvalue weighted by atomic mass is 10.2. The van der Waals surface area contributed by atoms with Gasteiger partial charge in [0.1, 0.15) is 0 Å². The van der Waals surface area contributed by atoms with Crippen LogP contribution in [-0.2, 0) is 9.53 Å². The Morgan fingerprint density at radius 3 is 2.50 bits per heavy atom. The molecular weight excluding hydrogens is 382 g/mol. The van der Waals surface area contributed by atoms with Crippen molar-refractivity contribution < 1.29 is 23.8 Å². The van der Waals surface area contributed by atoms with E-state index in [9.17, 15) is 9.59 Å². The first-order valence-corrected chi connectivity index (χ1v) is 9.39. The second-order valence-electron chi connectivity index (χ2n) is 6.40. The number of anilines is 1. The van der Waals surface area contributed by atoms with Gasteiger partial charge in [0.25, 0.3) is 5.91 Å². The quantitative estimate of drug-likeness (QED) is 0.618. The van der Waals surface area contributed by atoms with Crippen molar-refractivity contribution in [2.24, 2.45) is 5.92 Å². The number of ether oxygens (including phenoxy) is 3. The Labute approximate surface area is 169 Å². The molecule has 0 aromatic heterocycles. The van der Waals surface area contributed by atoms with E-state index < -0.39 is 18.5 Å². The molecule has 0 unspecified atom stereocenters. The van der Waals surface area contributed by atoms with Gasteiger partial charge in [-0.2, -0.15) is 0 Å². The Bertz CT molecular complexity index is 822. The number of para-hydroxylation sites is 1. The average Bonchev–Trinajstić information content (AvgIpc) is 2.67. The number of amides is 1. The maximum atomic E-state index is 12.3. The van der Waals surface area contributed by atoms with E-state index in [2.05, 4.69) is 5.32 Å². The van der Waals surface area contributed by atoms with Crippen LogP contribution in [0.3, 0.4) is 0 Å². The van der Waals surface area contributed by atoms with E-state index in [-0.39, 0.29) is 5.56 Å². The van der Waals surface area contributed by atoms with Gasteiger partial charge in [-0.15, -0.1) is 0 Å². The highest BCUT2D eigenvalue weighted by Crippen LogP contribution is 2.29. The van der Waals surface area contributed by atoms with Crippen molar-refractivity contribution in [2.75, 3.05) is 25.1 Å². The smallest absolute Gasteiger partial charge is 0.338 e. The van der Waals surface area contributed by atoms with Crippen LogP contribution in [-0.4, -0.2) is 31.7 Å². The van der Waals surface area contributed by atoms with Crippen LogP contribution in [0.2, 0.25) is 5.02 Å². The summed E-state index contributed by atoms with van der Waals surface area (Å²) in [6, 6.07) is 11.6. The minimum Gasteiger partial charge on any atom is -0.490 e. The molecule has 2 aromatic rings. The van der Waals surface area contributed by atoms with Gasteiger partial charge in [-0.05, 0) is 43.2 Å². The lowest BCUT2D eigenvalue weighted by molar-refractivity contribution is -0.119. The number of nitrogens with one attached hydrogen (secondary N) is 1. The van der Waals surface area contributed by atoms with Gasteiger partial charge >= 0.3 is 5.97 Å². The standard InChI is InChI=1S/C21H24ClNO5/c1-4-26-19-11-15(9-10-18(19)27-12-14(2)3)21(25)28-13-20(24)23-17-8-6-5-7-16(17)22/h5-11,14H,4,12-13H2,1-3H3,(H,23,24). The van der Waals surface area contributed by atoms with Crippen LogP contribution in [0.4, 0.5) is 5.69 Å². The van der Waals surface area contributed by atoms with E-state index in [0.717, 1.165) is 0 Å². The first-order chi connectivity index (χ1) is 13.4. The molecule has 0 saturated carbocycles. The van der Waals surface area contributed by atoms with E-state index >= 15 is 0 Å². The Balaban J connectivity index is 1.98. The Morgan fingerprint density at radius 1 is 1.07 bits per heavy atom. The summed E-state index contributed by atoms with van der Waals surface area (Å²) >= 11 is 5.99. The van der Waals surface area contributed by atoms with Gasteiger partial charge in [0.05, 0.1) is 29.5 Å². The summed E-state index contributed by atoms with van der Waals surface area (Å²) in [6.07, 6.45) is 0. The number of esters is 1. The normalized spacial score (nSPS) is 10.5. The molecule has 1 amide bonds. The van der Waals surface area contributed by atoms with Crippen molar-refractivity contribution in [3.05, 3.63) is 53.1 Å². The van der Waals surface area contributed by atoms with Crippen molar-refractivity contribution in [1.29, 1.82) is 0 Å². The van der Waals surface area contributed by atoms with Crippen LogP contribution in [0.25, 0.3) is 0 Å². The molecule has 1 N–H and O–H groups in total. The zero-order valence-electron chi connectivity index (χ0n) is 16.2. The average molecular weight is 406 g/mol. The number of benzene rings is 2. The van der Waals surface area contributed by atoms with Crippen molar-refractivity contribution in [2.45, 2.75) is 20.8 Å². The van der Waals surface area contributed by atoms with Gasteiger partial charge < -0.3 is 19.5 Å². The molecule has 0 atom stereocenters. The second-order valence-corrected chi connectivity index (χ2v) is 6.81. The molecule has 6 nitrogen and oxygen atoms in total.